The molecule has 0 fully saturated rings. The molecule has 0 saturated heterocycles. The van der Waals surface area contributed by atoms with Crippen LogP contribution in [0.15, 0.2) is 78.0 Å². The maximum absolute atomic E-state index is 12.5. The Morgan fingerprint density at radius 2 is 1.42 bits per heavy atom. The number of pyridine rings is 1. The van der Waals surface area contributed by atoms with Gasteiger partial charge in [0.1, 0.15) is 0 Å². The Morgan fingerprint density at radius 1 is 0.806 bits per heavy atom. The summed E-state index contributed by atoms with van der Waals surface area (Å²) in [6, 6.07) is 15.2. The summed E-state index contributed by atoms with van der Waals surface area (Å²) in [5.74, 6) is -0.748. The van der Waals surface area contributed by atoms with Gasteiger partial charge in [0.05, 0.1) is 4.90 Å². The monoisotopic (exact) mass is 438 g/mol. The van der Waals surface area contributed by atoms with Gasteiger partial charge in [0.15, 0.2) is 0 Å². The van der Waals surface area contributed by atoms with Crippen LogP contribution in [0.4, 0.5) is 11.4 Å². The van der Waals surface area contributed by atoms with Crippen molar-refractivity contribution in [2.45, 2.75) is 24.8 Å². The van der Waals surface area contributed by atoms with Crippen LogP contribution in [0.3, 0.4) is 0 Å². The molecule has 3 aromatic rings. The van der Waals surface area contributed by atoms with Crippen LogP contribution in [0.1, 0.15) is 34.6 Å². The van der Waals surface area contributed by atoms with Gasteiger partial charge in [-0.05, 0) is 68.4 Å². The van der Waals surface area contributed by atoms with E-state index in [0.29, 0.717) is 16.9 Å². The number of anilines is 2. The third-order valence-corrected chi connectivity index (χ3v) is 5.81. The number of sulfonamides is 1. The highest BCUT2D eigenvalue weighted by Gasteiger charge is 2.16. The molecule has 2 amide bonds. The fourth-order valence-electron chi connectivity index (χ4n) is 2.74. The smallest absolute Gasteiger partial charge is 0.255 e. The van der Waals surface area contributed by atoms with E-state index in [1.807, 2.05) is 0 Å². The van der Waals surface area contributed by atoms with Crippen molar-refractivity contribution in [1.29, 1.82) is 0 Å². The molecule has 0 atom stereocenters. The number of amides is 2. The van der Waals surface area contributed by atoms with Gasteiger partial charge in [0.2, 0.25) is 10.0 Å². The first-order valence-corrected chi connectivity index (χ1v) is 11.0. The first kappa shape index (κ1) is 22.1. The number of hydrogen-bond donors (Lipinski definition) is 3. The Kier molecular flexibility index (Phi) is 6.78. The quantitative estimate of drug-likeness (QED) is 0.523. The molecule has 0 unspecified atom stereocenters. The van der Waals surface area contributed by atoms with E-state index in [1.54, 1.807) is 62.6 Å². The lowest BCUT2D eigenvalue weighted by molar-refractivity contribution is 0.101. The van der Waals surface area contributed by atoms with E-state index in [-0.39, 0.29) is 22.4 Å². The lowest BCUT2D eigenvalue weighted by Gasteiger charge is -2.11. The Bertz CT molecular complexity index is 1180. The van der Waals surface area contributed by atoms with Gasteiger partial charge in [-0.2, -0.15) is 0 Å². The minimum absolute atomic E-state index is 0.0764. The van der Waals surface area contributed by atoms with Crippen LogP contribution in [0.25, 0.3) is 0 Å². The summed E-state index contributed by atoms with van der Waals surface area (Å²) in [4.78, 5) is 28.9. The van der Waals surface area contributed by atoms with E-state index in [0.717, 1.165) is 0 Å². The van der Waals surface area contributed by atoms with Crippen LogP contribution < -0.4 is 15.4 Å². The molecule has 9 heteroatoms. The number of rotatable bonds is 7. The van der Waals surface area contributed by atoms with Gasteiger partial charge < -0.3 is 10.6 Å². The lowest BCUT2D eigenvalue weighted by atomic mass is 10.1. The third kappa shape index (κ3) is 5.97. The zero-order chi connectivity index (χ0) is 22.4. The second-order valence-electron chi connectivity index (χ2n) is 7.03. The van der Waals surface area contributed by atoms with Crippen molar-refractivity contribution < 1.29 is 18.0 Å². The third-order valence-electron chi connectivity index (χ3n) is 4.14. The molecule has 8 nitrogen and oxygen atoms in total. The normalized spacial score (nSPS) is 11.2. The van der Waals surface area contributed by atoms with E-state index in [4.69, 9.17) is 0 Å². The Labute approximate surface area is 180 Å². The number of nitrogens with zero attached hydrogens (tertiary/aromatic N) is 1. The molecule has 0 bridgehead atoms. The van der Waals surface area contributed by atoms with Crippen molar-refractivity contribution in [3.63, 3.8) is 0 Å². The van der Waals surface area contributed by atoms with Crippen LogP contribution in [0.2, 0.25) is 0 Å². The van der Waals surface area contributed by atoms with Gasteiger partial charge in [-0.15, -0.1) is 0 Å². The molecular formula is C22H22N4O4S. The van der Waals surface area contributed by atoms with Crippen molar-refractivity contribution in [1.82, 2.24) is 9.71 Å². The summed E-state index contributed by atoms with van der Waals surface area (Å²) in [6.45, 7) is 3.45. The fourth-order valence-corrected chi connectivity index (χ4v) is 3.99. The zero-order valence-electron chi connectivity index (χ0n) is 17.0. The number of hydrogen-bond acceptors (Lipinski definition) is 5. The van der Waals surface area contributed by atoms with Gasteiger partial charge >= 0.3 is 0 Å². The molecule has 3 N–H and O–H groups in total. The number of aromatic nitrogens is 1. The Balaban J connectivity index is 1.69. The van der Waals surface area contributed by atoms with Crippen LogP contribution in [0.5, 0.6) is 0 Å². The number of benzene rings is 2. The molecule has 0 saturated carbocycles. The fraction of sp³-hybridized carbons (Fsp3) is 0.136. The van der Waals surface area contributed by atoms with E-state index in [1.165, 1.54) is 24.3 Å². The van der Waals surface area contributed by atoms with E-state index >= 15 is 0 Å². The predicted octanol–water partition coefficient (Wildman–Crippen LogP) is 3.27. The molecule has 1 heterocycles. The lowest BCUT2D eigenvalue weighted by Crippen LogP contribution is -2.30. The average molecular weight is 439 g/mol. The van der Waals surface area contributed by atoms with Crippen molar-refractivity contribution in [2.24, 2.45) is 0 Å². The summed E-state index contributed by atoms with van der Waals surface area (Å²) in [6.07, 6.45) is 3.14. The molecule has 0 spiro atoms. The molecule has 31 heavy (non-hydrogen) atoms. The first-order chi connectivity index (χ1) is 14.7. The van der Waals surface area contributed by atoms with Crippen LogP contribution in [-0.4, -0.2) is 31.3 Å². The minimum Gasteiger partial charge on any atom is -0.322 e. The minimum atomic E-state index is -3.63. The Hall–Kier alpha value is -3.56. The van der Waals surface area contributed by atoms with Crippen molar-refractivity contribution in [3.05, 3.63) is 84.2 Å². The maximum Gasteiger partial charge on any atom is 0.255 e. The van der Waals surface area contributed by atoms with Gasteiger partial charge in [0, 0.05) is 40.9 Å². The van der Waals surface area contributed by atoms with Crippen LogP contribution in [0, 0.1) is 0 Å². The molecule has 1 aromatic heterocycles. The zero-order valence-corrected chi connectivity index (χ0v) is 17.8. The molecule has 0 radical (unpaired) electrons. The highest BCUT2D eigenvalue weighted by molar-refractivity contribution is 7.89. The van der Waals surface area contributed by atoms with E-state index in [9.17, 15) is 18.0 Å². The second-order valence-corrected chi connectivity index (χ2v) is 8.74. The average Bonchev–Trinajstić information content (AvgIpc) is 2.74. The molecule has 0 aliphatic rings. The van der Waals surface area contributed by atoms with Crippen molar-refractivity contribution >= 4 is 33.2 Å². The summed E-state index contributed by atoms with van der Waals surface area (Å²) < 4.78 is 26.9. The number of carbonyl (C=O) groups excluding carboxylic acids is 2. The standard InChI is InChI=1S/C22H22N4O4S/c1-15(2)26-31(29,30)20-8-6-16(7-9-20)21(27)25-19-5-3-4-17(14-19)22(28)24-18-10-12-23-13-11-18/h3-15,26H,1-2H3,(H,25,27)(H,23,24,28). The van der Waals surface area contributed by atoms with Crippen molar-refractivity contribution in [2.75, 3.05) is 10.6 Å². The molecule has 0 aliphatic heterocycles. The second kappa shape index (κ2) is 9.50. The van der Waals surface area contributed by atoms with E-state index in [2.05, 4.69) is 20.3 Å². The van der Waals surface area contributed by atoms with Crippen molar-refractivity contribution in [3.8, 4) is 0 Å². The van der Waals surface area contributed by atoms with Gasteiger partial charge in [0.25, 0.3) is 11.8 Å². The summed E-state index contributed by atoms with van der Waals surface area (Å²) in [5, 5.41) is 5.46. The number of carbonyl (C=O) groups is 2. The van der Waals surface area contributed by atoms with Gasteiger partial charge in [-0.25, -0.2) is 13.1 Å². The summed E-state index contributed by atoms with van der Waals surface area (Å²) in [7, 11) is -3.63. The molecular weight excluding hydrogens is 416 g/mol. The first-order valence-electron chi connectivity index (χ1n) is 9.50. The summed E-state index contributed by atoms with van der Waals surface area (Å²) in [5.41, 5.74) is 1.70. The molecule has 0 aliphatic carbocycles. The SMILES string of the molecule is CC(C)NS(=O)(=O)c1ccc(C(=O)Nc2cccc(C(=O)Nc3ccncc3)c2)cc1. The van der Waals surface area contributed by atoms with Crippen LogP contribution >= 0.6 is 0 Å². The van der Waals surface area contributed by atoms with Gasteiger partial charge in [-0.3, -0.25) is 14.6 Å². The summed E-state index contributed by atoms with van der Waals surface area (Å²) >= 11 is 0. The molecule has 3 rings (SSSR count). The van der Waals surface area contributed by atoms with Crippen LogP contribution in [-0.2, 0) is 10.0 Å². The maximum atomic E-state index is 12.5. The highest BCUT2D eigenvalue weighted by atomic mass is 32.2. The number of nitrogens with one attached hydrogen (secondary N) is 3. The highest BCUT2D eigenvalue weighted by Crippen LogP contribution is 2.16. The van der Waals surface area contributed by atoms with Gasteiger partial charge in [-0.1, -0.05) is 6.07 Å². The Morgan fingerprint density at radius 3 is 2.06 bits per heavy atom. The predicted molar refractivity (Wildman–Crippen MR) is 118 cm³/mol. The molecule has 2 aromatic carbocycles. The van der Waals surface area contributed by atoms with E-state index < -0.39 is 15.9 Å². The largest absolute Gasteiger partial charge is 0.322 e. The molecule has 160 valence electrons. The topological polar surface area (TPSA) is 117 Å².